The highest BCUT2D eigenvalue weighted by Gasteiger charge is 2.43. The van der Waals surface area contributed by atoms with E-state index in [0.29, 0.717) is 18.5 Å². The number of benzene rings is 1. The molecule has 0 bridgehead atoms. The lowest BCUT2D eigenvalue weighted by Crippen LogP contribution is -2.33. The Morgan fingerprint density at radius 1 is 1.07 bits per heavy atom. The van der Waals surface area contributed by atoms with E-state index in [4.69, 9.17) is 7.85 Å². The molecule has 30 heavy (non-hydrogen) atoms. The lowest BCUT2D eigenvalue weighted by molar-refractivity contribution is -0.123. The Morgan fingerprint density at radius 3 is 2.07 bits per heavy atom. The molecule has 1 aliphatic heterocycles. The topological polar surface area (TPSA) is 54.5 Å². The molecule has 0 aliphatic carbocycles. The highest BCUT2D eigenvalue weighted by Crippen LogP contribution is 2.39. The monoisotopic (exact) mass is 409 g/mol. The van der Waals surface area contributed by atoms with E-state index in [0.717, 1.165) is 31.2 Å². The van der Waals surface area contributed by atoms with E-state index in [9.17, 15) is 14.4 Å². The van der Waals surface area contributed by atoms with Crippen LogP contribution in [-0.4, -0.2) is 25.3 Å². The minimum absolute atomic E-state index is 0.0613. The first kappa shape index (κ1) is 24.4. The standard InChI is InChI=1S/C25H36BNO3/c1-7-9-17(10-8-2)20-15-21(28)27(22(20)29)19-13-11-18(12-14-19)24(3,4)16-25(5,6)23(26)30/h11-14,17,20H,7-10,15-16H2,1-6H3. The second kappa shape index (κ2) is 9.49. The second-order valence-electron chi connectivity index (χ2n) is 10.1. The summed E-state index contributed by atoms with van der Waals surface area (Å²) in [6, 6.07) is 7.61. The Balaban J connectivity index is 2.22. The zero-order valence-electron chi connectivity index (χ0n) is 19.5. The first-order valence-corrected chi connectivity index (χ1v) is 11.2. The summed E-state index contributed by atoms with van der Waals surface area (Å²) in [5, 5.41) is 0. The normalized spacial score (nSPS) is 17.8. The zero-order valence-corrected chi connectivity index (χ0v) is 19.5. The molecular formula is C25H36BNO3. The summed E-state index contributed by atoms with van der Waals surface area (Å²) in [6.45, 7) is 12.1. The molecule has 2 rings (SSSR count). The van der Waals surface area contributed by atoms with Crippen LogP contribution in [0.2, 0.25) is 0 Å². The average molecular weight is 409 g/mol. The third kappa shape index (κ3) is 5.22. The average Bonchev–Trinajstić information content (AvgIpc) is 2.95. The maximum Gasteiger partial charge on any atom is 0.237 e. The fraction of sp³-hybridized carbons (Fsp3) is 0.640. The number of anilines is 1. The van der Waals surface area contributed by atoms with Crippen LogP contribution < -0.4 is 4.90 Å². The van der Waals surface area contributed by atoms with Gasteiger partial charge in [0.1, 0.15) is 0 Å². The van der Waals surface area contributed by atoms with Crippen LogP contribution in [-0.2, 0) is 19.8 Å². The molecule has 1 aliphatic rings. The summed E-state index contributed by atoms with van der Waals surface area (Å²) in [5.74, 6) is -0.0987. The number of amides is 2. The molecule has 1 aromatic rings. The van der Waals surface area contributed by atoms with E-state index in [1.165, 1.54) is 4.90 Å². The van der Waals surface area contributed by atoms with E-state index in [1.54, 1.807) is 0 Å². The second-order valence-corrected chi connectivity index (χ2v) is 10.1. The first-order valence-electron chi connectivity index (χ1n) is 11.2. The van der Waals surface area contributed by atoms with Crippen LogP contribution in [0.5, 0.6) is 0 Å². The molecule has 1 heterocycles. The summed E-state index contributed by atoms with van der Waals surface area (Å²) in [5.41, 5.74) is 0.467. The molecule has 0 saturated carbocycles. The smallest absolute Gasteiger partial charge is 0.237 e. The van der Waals surface area contributed by atoms with Crippen molar-refractivity contribution in [2.75, 3.05) is 4.90 Å². The predicted molar refractivity (Wildman–Crippen MR) is 123 cm³/mol. The molecule has 5 heteroatoms. The number of rotatable bonds is 10. The molecule has 0 spiro atoms. The molecular weight excluding hydrogens is 373 g/mol. The number of carbonyl (C=O) groups is 3. The van der Waals surface area contributed by atoms with Gasteiger partial charge in [-0.15, -0.1) is 0 Å². The van der Waals surface area contributed by atoms with Crippen LogP contribution in [0.4, 0.5) is 5.69 Å². The minimum atomic E-state index is -0.621. The molecule has 1 fully saturated rings. The summed E-state index contributed by atoms with van der Waals surface area (Å²) in [4.78, 5) is 38.9. The summed E-state index contributed by atoms with van der Waals surface area (Å²) in [6.07, 6.45) is 4.92. The highest BCUT2D eigenvalue weighted by atomic mass is 16.2. The summed E-state index contributed by atoms with van der Waals surface area (Å²) < 4.78 is 0. The van der Waals surface area contributed by atoms with Gasteiger partial charge in [-0.3, -0.25) is 14.5 Å². The van der Waals surface area contributed by atoms with Crippen molar-refractivity contribution in [3.8, 4) is 0 Å². The van der Waals surface area contributed by atoms with E-state index in [2.05, 4.69) is 27.7 Å². The van der Waals surface area contributed by atoms with Crippen molar-refractivity contribution in [2.45, 2.75) is 85.5 Å². The highest BCUT2D eigenvalue weighted by molar-refractivity contribution is 6.58. The fourth-order valence-electron chi connectivity index (χ4n) is 4.94. The quantitative estimate of drug-likeness (QED) is 0.396. The molecule has 1 unspecified atom stereocenters. The number of carbonyl (C=O) groups excluding carboxylic acids is 3. The van der Waals surface area contributed by atoms with Crippen molar-refractivity contribution in [1.82, 2.24) is 0 Å². The van der Waals surface area contributed by atoms with E-state index < -0.39 is 5.41 Å². The van der Waals surface area contributed by atoms with Gasteiger partial charge in [0.15, 0.2) is 7.85 Å². The van der Waals surface area contributed by atoms with Gasteiger partial charge in [0, 0.05) is 11.8 Å². The third-order valence-corrected chi connectivity index (χ3v) is 6.53. The Hall–Kier alpha value is -1.91. The van der Waals surface area contributed by atoms with Gasteiger partial charge in [-0.1, -0.05) is 66.5 Å². The minimum Gasteiger partial charge on any atom is -0.312 e. The van der Waals surface area contributed by atoms with Crippen molar-refractivity contribution < 1.29 is 14.4 Å². The maximum atomic E-state index is 13.1. The fourth-order valence-corrected chi connectivity index (χ4v) is 4.94. The largest absolute Gasteiger partial charge is 0.312 e. The van der Waals surface area contributed by atoms with Gasteiger partial charge in [-0.25, -0.2) is 0 Å². The van der Waals surface area contributed by atoms with Gasteiger partial charge in [0.2, 0.25) is 11.8 Å². The zero-order chi connectivity index (χ0) is 22.7. The molecule has 1 saturated heterocycles. The van der Waals surface area contributed by atoms with Crippen molar-refractivity contribution in [3.05, 3.63) is 29.8 Å². The third-order valence-electron chi connectivity index (χ3n) is 6.53. The van der Waals surface area contributed by atoms with Crippen molar-refractivity contribution in [1.29, 1.82) is 0 Å². The molecule has 1 atom stereocenters. The van der Waals surface area contributed by atoms with Gasteiger partial charge in [-0.05, 0) is 48.3 Å². The van der Waals surface area contributed by atoms with E-state index >= 15 is 0 Å². The van der Waals surface area contributed by atoms with Crippen LogP contribution in [0.25, 0.3) is 0 Å². The van der Waals surface area contributed by atoms with Crippen LogP contribution >= 0.6 is 0 Å². The van der Waals surface area contributed by atoms with Crippen LogP contribution in [0.3, 0.4) is 0 Å². The Bertz CT molecular complexity index is 776. The molecule has 0 aromatic heterocycles. The van der Waals surface area contributed by atoms with Gasteiger partial charge >= 0.3 is 0 Å². The number of nitrogens with zero attached hydrogens (tertiary/aromatic N) is 1. The van der Waals surface area contributed by atoms with Crippen molar-refractivity contribution in [3.63, 3.8) is 0 Å². The molecule has 2 amide bonds. The van der Waals surface area contributed by atoms with Crippen molar-refractivity contribution in [2.24, 2.45) is 17.3 Å². The molecule has 0 N–H and O–H groups in total. The number of hydrogen-bond donors (Lipinski definition) is 0. The van der Waals surface area contributed by atoms with Crippen molar-refractivity contribution >= 4 is 31.0 Å². The first-order chi connectivity index (χ1) is 13.9. The number of imide groups is 1. The van der Waals surface area contributed by atoms with E-state index in [-0.39, 0.29) is 34.7 Å². The number of hydrogen-bond acceptors (Lipinski definition) is 3. The molecule has 162 valence electrons. The van der Waals surface area contributed by atoms with Gasteiger partial charge in [-0.2, -0.15) is 0 Å². The van der Waals surface area contributed by atoms with Crippen LogP contribution in [0, 0.1) is 17.3 Å². The lowest BCUT2D eigenvalue weighted by atomic mass is 9.66. The molecule has 1 aromatic carbocycles. The van der Waals surface area contributed by atoms with Gasteiger partial charge in [0.05, 0.1) is 17.3 Å². The predicted octanol–water partition coefficient (Wildman–Crippen LogP) is 5.17. The van der Waals surface area contributed by atoms with Crippen LogP contribution in [0.15, 0.2) is 24.3 Å². The summed E-state index contributed by atoms with van der Waals surface area (Å²) in [7, 11) is 5.55. The van der Waals surface area contributed by atoms with Crippen LogP contribution in [0.1, 0.15) is 85.6 Å². The van der Waals surface area contributed by atoms with E-state index in [1.807, 2.05) is 38.1 Å². The Labute approximate surface area is 183 Å². The molecule has 2 radical (unpaired) electrons. The van der Waals surface area contributed by atoms with Gasteiger partial charge < -0.3 is 4.79 Å². The summed E-state index contributed by atoms with van der Waals surface area (Å²) >= 11 is 0. The SMILES string of the molecule is [B]C(=O)C(C)(C)CC(C)(C)c1ccc(N2C(=O)CC(C(CCC)CCC)C2=O)cc1. The Morgan fingerprint density at radius 2 is 1.60 bits per heavy atom. The Kier molecular flexibility index (Phi) is 7.71. The molecule has 4 nitrogen and oxygen atoms in total. The lowest BCUT2D eigenvalue weighted by Gasteiger charge is -2.34. The van der Waals surface area contributed by atoms with Gasteiger partial charge in [0.25, 0.3) is 0 Å². The maximum absolute atomic E-state index is 13.1.